The van der Waals surface area contributed by atoms with Gasteiger partial charge >= 0.3 is 0 Å². The highest BCUT2D eigenvalue weighted by Crippen LogP contribution is 2.31. The molecule has 124 valence electrons. The maximum Gasteiger partial charge on any atom is 0.273 e. The highest BCUT2D eigenvalue weighted by molar-refractivity contribution is 6.31. The van der Waals surface area contributed by atoms with Gasteiger partial charge in [0.05, 0.1) is 10.7 Å². The summed E-state index contributed by atoms with van der Waals surface area (Å²) < 4.78 is 15.3. The second-order valence-corrected chi connectivity index (χ2v) is 6.52. The minimum atomic E-state index is -1.21. The molecule has 0 fully saturated rings. The Morgan fingerprint density at radius 2 is 2.12 bits per heavy atom. The molecule has 0 unspecified atom stereocenters. The van der Waals surface area contributed by atoms with Gasteiger partial charge in [-0.25, -0.2) is 9.37 Å². The van der Waals surface area contributed by atoms with E-state index in [1.807, 2.05) is 0 Å². The van der Waals surface area contributed by atoms with Gasteiger partial charge in [0, 0.05) is 19.2 Å². The first-order chi connectivity index (χ1) is 11.2. The molecule has 0 saturated carbocycles. The Labute approximate surface area is 143 Å². The van der Waals surface area contributed by atoms with E-state index in [-0.39, 0.29) is 28.9 Å². The Hall–Kier alpha value is -2.36. The molecule has 1 aliphatic heterocycles. The van der Waals surface area contributed by atoms with E-state index in [1.54, 1.807) is 31.5 Å². The highest BCUT2D eigenvalue weighted by Gasteiger charge is 2.29. The van der Waals surface area contributed by atoms with Crippen LogP contribution in [0.2, 0.25) is 5.02 Å². The van der Waals surface area contributed by atoms with Gasteiger partial charge in [0.2, 0.25) is 0 Å². The van der Waals surface area contributed by atoms with Crippen LogP contribution in [0.25, 0.3) is 5.69 Å². The Morgan fingerprint density at radius 3 is 2.79 bits per heavy atom. The molecule has 0 spiro atoms. The molecule has 2 heterocycles. The molecule has 0 atom stereocenters. The van der Waals surface area contributed by atoms with Crippen molar-refractivity contribution in [3.8, 4) is 17.5 Å². The van der Waals surface area contributed by atoms with Crippen molar-refractivity contribution in [2.75, 3.05) is 7.05 Å². The number of hydrogen-bond acceptors (Lipinski definition) is 3. The topological polar surface area (TPSA) is 58.4 Å². The van der Waals surface area contributed by atoms with Gasteiger partial charge in [0.15, 0.2) is 0 Å². The number of nitrogens with zero attached hydrogens (tertiary/aromatic N) is 3. The second-order valence-electron chi connectivity index (χ2n) is 6.14. The third-order valence-corrected chi connectivity index (χ3v) is 4.04. The van der Waals surface area contributed by atoms with Crippen LogP contribution >= 0.6 is 11.6 Å². The molecule has 2 aromatic rings. The molecule has 0 bridgehead atoms. The first-order valence-electron chi connectivity index (χ1n) is 7.24. The van der Waals surface area contributed by atoms with Gasteiger partial charge in [0.25, 0.3) is 5.91 Å². The third kappa shape index (κ3) is 2.77. The van der Waals surface area contributed by atoms with Gasteiger partial charge in [0.1, 0.15) is 29.1 Å². The maximum atomic E-state index is 13.8. The van der Waals surface area contributed by atoms with E-state index < -0.39 is 11.4 Å². The molecule has 1 aliphatic rings. The number of benzene rings is 1. The summed E-state index contributed by atoms with van der Waals surface area (Å²) in [7, 11) is 1.60. The van der Waals surface area contributed by atoms with Crippen molar-refractivity contribution < 1.29 is 14.3 Å². The lowest BCUT2D eigenvalue weighted by Crippen LogP contribution is -2.26. The molecule has 0 saturated heterocycles. The van der Waals surface area contributed by atoms with Crippen LogP contribution in [0.5, 0.6) is 0 Å². The Kier molecular flexibility index (Phi) is 3.86. The maximum absolute atomic E-state index is 13.8. The number of amides is 1. The number of fused-ring (bicyclic) bond motifs is 3. The van der Waals surface area contributed by atoms with Crippen molar-refractivity contribution in [2.24, 2.45) is 0 Å². The second kappa shape index (κ2) is 5.62. The smallest absolute Gasteiger partial charge is 0.273 e. The number of rotatable bonds is 0. The third-order valence-electron chi connectivity index (χ3n) is 3.63. The average molecular weight is 348 g/mol. The van der Waals surface area contributed by atoms with Crippen molar-refractivity contribution in [1.82, 2.24) is 14.5 Å². The number of carbonyl (C=O) groups excluding carboxylic acids is 1. The molecule has 0 aliphatic carbocycles. The van der Waals surface area contributed by atoms with Crippen molar-refractivity contribution in [3.05, 3.63) is 46.3 Å². The molecule has 3 rings (SSSR count). The summed E-state index contributed by atoms with van der Waals surface area (Å²) in [4.78, 5) is 18.3. The lowest BCUT2D eigenvalue weighted by Gasteiger charge is -2.15. The van der Waals surface area contributed by atoms with E-state index >= 15 is 0 Å². The minimum absolute atomic E-state index is 0.0159. The summed E-state index contributed by atoms with van der Waals surface area (Å²) in [6.07, 6.45) is 1.45. The molecule has 24 heavy (non-hydrogen) atoms. The highest BCUT2D eigenvalue weighted by atomic mass is 35.5. The number of carbonyl (C=O) groups is 1. The van der Waals surface area contributed by atoms with Crippen LogP contribution in [-0.4, -0.2) is 38.1 Å². The van der Waals surface area contributed by atoms with Crippen molar-refractivity contribution >= 4 is 17.5 Å². The van der Waals surface area contributed by atoms with E-state index in [9.17, 15) is 14.3 Å². The molecule has 5 nitrogen and oxygen atoms in total. The van der Waals surface area contributed by atoms with Gasteiger partial charge in [-0.05, 0) is 31.9 Å². The van der Waals surface area contributed by atoms with E-state index in [4.69, 9.17) is 11.6 Å². The van der Waals surface area contributed by atoms with E-state index in [2.05, 4.69) is 16.8 Å². The molecular formula is C17H15ClFN3O2. The Bertz CT molecular complexity index is 903. The first-order valence-corrected chi connectivity index (χ1v) is 7.62. The van der Waals surface area contributed by atoms with Crippen LogP contribution in [0.15, 0.2) is 18.5 Å². The lowest BCUT2D eigenvalue weighted by molar-refractivity contribution is 0.0782. The molecule has 0 radical (unpaired) electrons. The monoisotopic (exact) mass is 347 g/mol. The summed E-state index contributed by atoms with van der Waals surface area (Å²) in [6, 6.07) is 2.81. The summed E-state index contributed by atoms with van der Waals surface area (Å²) in [5.74, 6) is 4.54. The quantitative estimate of drug-likeness (QED) is 0.744. The standard InChI is InChI=1S/C17H15ClFN3O2/c1-17(2,24)7-6-12-15-16(23)21(3)8-10-13(22(15)9-20-12)5-4-11(19)14(10)18/h4-5,9,24H,8H2,1-3H3. The van der Waals surface area contributed by atoms with Crippen LogP contribution in [0, 0.1) is 17.7 Å². The van der Waals surface area contributed by atoms with Crippen LogP contribution in [0.4, 0.5) is 4.39 Å². The SMILES string of the molecule is CN1Cc2c(ccc(F)c2Cl)-n2cnc(C#CC(C)(C)O)c2C1=O. The minimum Gasteiger partial charge on any atom is -0.378 e. The van der Waals surface area contributed by atoms with Crippen molar-refractivity contribution in [3.63, 3.8) is 0 Å². The van der Waals surface area contributed by atoms with Gasteiger partial charge in [-0.15, -0.1) is 0 Å². The van der Waals surface area contributed by atoms with E-state index in [0.717, 1.165) is 0 Å². The molecular weight excluding hydrogens is 333 g/mol. The molecule has 7 heteroatoms. The molecule has 1 aromatic heterocycles. The molecule has 1 N–H and O–H groups in total. The van der Waals surface area contributed by atoms with Crippen molar-refractivity contribution in [2.45, 2.75) is 26.0 Å². The van der Waals surface area contributed by atoms with Gasteiger partial charge < -0.3 is 10.0 Å². The van der Waals surface area contributed by atoms with Crippen LogP contribution in [-0.2, 0) is 6.54 Å². The Balaban J connectivity index is 2.26. The van der Waals surface area contributed by atoms with Gasteiger partial charge in [-0.3, -0.25) is 9.36 Å². The summed E-state index contributed by atoms with van der Waals surface area (Å²) in [5, 5.41) is 9.74. The lowest BCUT2D eigenvalue weighted by atomic mass is 10.1. The van der Waals surface area contributed by atoms with Crippen LogP contribution in [0.1, 0.15) is 35.6 Å². The number of aromatic nitrogens is 2. The molecule has 1 aromatic carbocycles. The molecule has 1 amide bonds. The number of halogens is 2. The number of aliphatic hydroxyl groups is 1. The first kappa shape index (κ1) is 16.5. The summed E-state index contributed by atoms with van der Waals surface area (Å²) >= 11 is 6.08. The number of hydrogen-bond donors (Lipinski definition) is 1. The fourth-order valence-corrected chi connectivity index (χ4v) is 2.71. The summed E-state index contributed by atoms with van der Waals surface area (Å²) in [6.45, 7) is 3.26. The fraction of sp³-hybridized carbons (Fsp3) is 0.294. The summed E-state index contributed by atoms with van der Waals surface area (Å²) in [5.41, 5.74) is 0.391. The van der Waals surface area contributed by atoms with Crippen LogP contribution < -0.4 is 0 Å². The van der Waals surface area contributed by atoms with Crippen LogP contribution in [0.3, 0.4) is 0 Å². The largest absolute Gasteiger partial charge is 0.378 e. The van der Waals surface area contributed by atoms with Gasteiger partial charge in [-0.1, -0.05) is 17.5 Å². The zero-order chi connectivity index (χ0) is 17.6. The van der Waals surface area contributed by atoms with E-state index in [1.165, 1.54) is 17.3 Å². The zero-order valence-electron chi connectivity index (χ0n) is 13.4. The van der Waals surface area contributed by atoms with E-state index in [0.29, 0.717) is 11.3 Å². The predicted octanol–water partition coefficient (Wildman–Crippen LogP) is 2.37. The Morgan fingerprint density at radius 1 is 1.42 bits per heavy atom. The normalized spacial score (nSPS) is 13.8. The average Bonchev–Trinajstić information content (AvgIpc) is 2.88. The number of imidazole rings is 1. The fourth-order valence-electron chi connectivity index (χ4n) is 2.49. The van der Waals surface area contributed by atoms with Crippen molar-refractivity contribution in [1.29, 1.82) is 0 Å². The predicted molar refractivity (Wildman–Crippen MR) is 87.5 cm³/mol. The zero-order valence-corrected chi connectivity index (χ0v) is 14.1. The van der Waals surface area contributed by atoms with Gasteiger partial charge in [-0.2, -0.15) is 0 Å².